The number of benzene rings is 2. The number of amides is 1. The number of likely N-dealkylation sites (tertiary alicyclic amines) is 1. The number of nitrogens with zero attached hydrogens (tertiary/aromatic N) is 1. The molecular formula is C22H27NO2. The molecular weight excluding hydrogens is 310 g/mol. The molecule has 1 saturated heterocycles. The highest BCUT2D eigenvalue weighted by atomic mass is 16.5. The molecule has 1 aliphatic heterocycles. The van der Waals surface area contributed by atoms with Crippen LogP contribution < -0.4 is 4.74 Å². The average molecular weight is 337 g/mol. The molecule has 2 aromatic rings. The third-order valence-electron chi connectivity index (χ3n) is 4.80. The van der Waals surface area contributed by atoms with Gasteiger partial charge < -0.3 is 9.64 Å². The minimum Gasteiger partial charge on any atom is -0.483 e. The summed E-state index contributed by atoms with van der Waals surface area (Å²) in [7, 11) is 0. The van der Waals surface area contributed by atoms with E-state index in [-0.39, 0.29) is 24.0 Å². The first-order chi connectivity index (χ1) is 12.0. The van der Waals surface area contributed by atoms with E-state index in [4.69, 9.17) is 4.74 Å². The second kappa shape index (κ2) is 7.30. The van der Waals surface area contributed by atoms with E-state index in [0.29, 0.717) is 0 Å². The lowest BCUT2D eigenvalue weighted by molar-refractivity contribution is -0.134. The van der Waals surface area contributed by atoms with Crippen molar-refractivity contribution in [3.8, 4) is 5.75 Å². The van der Waals surface area contributed by atoms with Crippen LogP contribution in [0, 0.1) is 0 Å². The normalized spacial score (nSPS) is 17.6. The topological polar surface area (TPSA) is 29.5 Å². The quantitative estimate of drug-likeness (QED) is 0.807. The van der Waals surface area contributed by atoms with Crippen LogP contribution in [0.4, 0.5) is 0 Å². The molecule has 1 heterocycles. The van der Waals surface area contributed by atoms with Gasteiger partial charge in [-0.25, -0.2) is 0 Å². The van der Waals surface area contributed by atoms with Crippen LogP contribution in [0.3, 0.4) is 0 Å². The summed E-state index contributed by atoms with van der Waals surface area (Å²) in [5.74, 6) is 0.869. The third kappa shape index (κ3) is 4.04. The predicted octanol–water partition coefficient (Wildman–Crippen LogP) is 4.73. The Bertz CT molecular complexity index is 718. The van der Waals surface area contributed by atoms with Gasteiger partial charge in [0.25, 0.3) is 5.91 Å². The molecule has 1 unspecified atom stereocenters. The Kier molecular flexibility index (Phi) is 5.12. The van der Waals surface area contributed by atoms with Crippen molar-refractivity contribution < 1.29 is 9.53 Å². The van der Waals surface area contributed by atoms with Crippen molar-refractivity contribution in [2.24, 2.45) is 0 Å². The molecule has 1 fully saturated rings. The fourth-order valence-corrected chi connectivity index (χ4v) is 3.52. The summed E-state index contributed by atoms with van der Waals surface area (Å²) >= 11 is 0. The number of carbonyl (C=O) groups excluding carboxylic acids is 1. The van der Waals surface area contributed by atoms with Crippen molar-refractivity contribution in [2.75, 3.05) is 13.2 Å². The zero-order chi connectivity index (χ0) is 17.9. The van der Waals surface area contributed by atoms with Crippen LogP contribution in [0.15, 0.2) is 54.6 Å². The SMILES string of the molecule is CC(C)(C)c1ccccc1OCC(=O)N1CCCC1c1ccccc1. The van der Waals surface area contributed by atoms with Crippen molar-refractivity contribution in [1.29, 1.82) is 0 Å². The van der Waals surface area contributed by atoms with Gasteiger partial charge in [0, 0.05) is 6.54 Å². The molecule has 1 aliphatic rings. The van der Waals surface area contributed by atoms with Crippen molar-refractivity contribution in [3.05, 3.63) is 65.7 Å². The third-order valence-corrected chi connectivity index (χ3v) is 4.80. The monoisotopic (exact) mass is 337 g/mol. The fraction of sp³-hybridized carbons (Fsp3) is 0.409. The lowest BCUT2D eigenvalue weighted by Crippen LogP contribution is -2.34. The van der Waals surface area contributed by atoms with Crippen LogP contribution in [0.25, 0.3) is 0 Å². The molecule has 3 rings (SSSR count). The molecule has 0 N–H and O–H groups in total. The number of hydrogen-bond acceptors (Lipinski definition) is 2. The summed E-state index contributed by atoms with van der Waals surface area (Å²) in [5.41, 5.74) is 2.33. The highest BCUT2D eigenvalue weighted by molar-refractivity contribution is 5.78. The maximum absolute atomic E-state index is 12.8. The number of rotatable bonds is 4. The molecule has 3 heteroatoms. The molecule has 3 nitrogen and oxygen atoms in total. The van der Waals surface area contributed by atoms with Gasteiger partial charge in [-0.2, -0.15) is 0 Å². The largest absolute Gasteiger partial charge is 0.483 e. The van der Waals surface area contributed by atoms with Gasteiger partial charge in [-0.15, -0.1) is 0 Å². The van der Waals surface area contributed by atoms with Crippen LogP contribution in [-0.4, -0.2) is 24.0 Å². The molecule has 1 amide bonds. The molecule has 1 atom stereocenters. The minimum absolute atomic E-state index is 0.0140. The molecule has 25 heavy (non-hydrogen) atoms. The Balaban J connectivity index is 1.69. The first kappa shape index (κ1) is 17.5. The average Bonchev–Trinajstić information content (AvgIpc) is 3.10. The van der Waals surface area contributed by atoms with Crippen molar-refractivity contribution in [3.63, 3.8) is 0 Å². The van der Waals surface area contributed by atoms with Crippen molar-refractivity contribution in [1.82, 2.24) is 4.90 Å². The van der Waals surface area contributed by atoms with E-state index >= 15 is 0 Å². The number of ether oxygens (including phenoxy) is 1. The first-order valence-electron chi connectivity index (χ1n) is 9.03. The van der Waals surface area contributed by atoms with Gasteiger partial charge in [-0.3, -0.25) is 4.79 Å². The van der Waals surface area contributed by atoms with Crippen LogP contribution in [0.1, 0.15) is 50.8 Å². The Morgan fingerprint density at radius 3 is 2.48 bits per heavy atom. The highest BCUT2D eigenvalue weighted by Crippen LogP contribution is 2.33. The van der Waals surface area contributed by atoms with E-state index in [1.165, 1.54) is 5.56 Å². The van der Waals surface area contributed by atoms with Crippen molar-refractivity contribution in [2.45, 2.75) is 45.1 Å². The second-order valence-corrected chi connectivity index (χ2v) is 7.69. The number of carbonyl (C=O) groups is 1. The van der Waals surface area contributed by atoms with Crippen LogP contribution in [0.2, 0.25) is 0 Å². The van der Waals surface area contributed by atoms with Crippen LogP contribution in [-0.2, 0) is 10.2 Å². The molecule has 0 saturated carbocycles. The van der Waals surface area contributed by atoms with Gasteiger partial charge in [0.2, 0.25) is 0 Å². The van der Waals surface area contributed by atoms with Crippen LogP contribution >= 0.6 is 0 Å². The first-order valence-corrected chi connectivity index (χ1v) is 9.03. The van der Waals surface area contributed by atoms with E-state index in [9.17, 15) is 4.79 Å². The predicted molar refractivity (Wildman–Crippen MR) is 101 cm³/mol. The summed E-state index contributed by atoms with van der Waals surface area (Å²) in [5, 5.41) is 0. The Hall–Kier alpha value is -2.29. The Labute approximate surface area is 150 Å². The maximum Gasteiger partial charge on any atom is 0.261 e. The van der Waals surface area contributed by atoms with Gasteiger partial charge >= 0.3 is 0 Å². The molecule has 0 aromatic heterocycles. The van der Waals surface area contributed by atoms with E-state index < -0.39 is 0 Å². The standard InChI is InChI=1S/C22H27NO2/c1-22(2,3)18-12-7-8-14-20(18)25-16-21(24)23-15-9-13-19(23)17-10-5-4-6-11-17/h4-8,10-12,14,19H,9,13,15-16H2,1-3H3. The summed E-state index contributed by atoms with van der Waals surface area (Å²) < 4.78 is 5.93. The summed E-state index contributed by atoms with van der Waals surface area (Å²) in [6.07, 6.45) is 2.07. The van der Waals surface area contributed by atoms with Gasteiger partial charge in [0.15, 0.2) is 6.61 Å². The number of hydrogen-bond donors (Lipinski definition) is 0. The Morgan fingerprint density at radius 1 is 1.08 bits per heavy atom. The van der Waals surface area contributed by atoms with E-state index in [1.807, 2.05) is 41.3 Å². The summed E-state index contributed by atoms with van der Waals surface area (Å²) in [4.78, 5) is 14.7. The van der Waals surface area contributed by atoms with E-state index in [2.05, 4.69) is 39.0 Å². The van der Waals surface area contributed by atoms with Gasteiger partial charge in [0.05, 0.1) is 6.04 Å². The van der Waals surface area contributed by atoms with Gasteiger partial charge in [-0.1, -0.05) is 69.3 Å². The zero-order valence-corrected chi connectivity index (χ0v) is 15.4. The summed E-state index contributed by atoms with van der Waals surface area (Å²) in [6.45, 7) is 7.37. The molecule has 0 spiro atoms. The molecule has 0 aliphatic carbocycles. The highest BCUT2D eigenvalue weighted by Gasteiger charge is 2.30. The molecule has 0 radical (unpaired) electrons. The van der Waals surface area contributed by atoms with Gasteiger partial charge in [0.1, 0.15) is 5.75 Å². The molecule has 2 aromatic carbocycles. The van der Waals surface area contributed by atoms with Crippen molar-refractivity contribution >= 4 is 5.91 Å². The van der Waals surface area contributed by atoms with Gasteiger partial charge in [-0.05, 0) is 35.4 Å². The molecule has 0 bridgehead atoms. The number of para-hydroxylation sites is 1. The fourth-order valence-electron chi connectivity index (χ4n) is 3.52. The smallest absolute Gasteiger partial charge is 0.261 e. The zero-order valence-electron chi connectivity index (χ0n) is 15.4. The van der Waals surface area contributed by atoms with Crippen LogP contribution in [0.5, 0.6) is 5.75 Å². The van der Waals surface area contributed by atoms with E-state index in [1.54, 1.807) is 0 Å². The maximum atomic E-state index is 12.8. The second-order valence-electron chi connectivity index (χ2n) is 7.69. The minimum atomic E-state index is -0.0140. The van der Waals surface area contributed by atoms with E-state index in [0.717, 1.165) is 30.7 Å². The molecule has 132 valence electrons. The lowest BCUT2D eigenvalue weighted by atomic mass is 9.86. The lowest BCUT2D eigenvalue weighted by Gasteiger charge is -2.26. The Morgan fingerprint density at radius 2 is 1.76 bits per heavy atom. The summed E-state index contributed by atoms with van der Waals surface area (Å²) in [6, 6.07) is 18.5.